The van der Waals surface area contributed by atoms with E-state index < -0.39 is 11.6 Å². The highest BCUT2D eigenvalue weighted by molar-refractivity contribution is 5.97. The van der Waals surface area contributed by atoms with Crippen LogP contribution in [0.5, 0.6) is 0 Å². The van der Waals surface area contributed by atoms with Crippen molar-refractivity contribution >= 4 is 23.3 Å². The third-order valence-electron chi connectivity index (χ3n) is 6.39. The number of anilines is 2. The minimum atomic E-state index is -0.553. The Morgan fingerprint density at radius 2 is 1.76 bits per heavy atom. The molecular weight excluding hydrogens is 430 g/mol. The second-order valence-corrected chi connectivity index (χ2v) is 9.97. The van der Waals surface area contributed by atoms with Crippen LogP contribution in [0.2, 0.25) is 0 Å². The van der Waals surface area contributed by atoms with Crippen LogP contribution in [0.25, 0.3) is 0 Å². The Morgan fingerprint density at radius 1 is 1.06 bits per heavy atom. The number of piperidine rings is 1. The molecule has 2 aliphatic rings. The summed E-state index contributed by atoms with van der Waals surface area (Å²) < 4.78 is 10.9. The van der Waals surface area contributed by atoms with Gasteiger partial charge in [-0.2, -0.15) is 0 Å². The predicted molar refractivity (Wildman–Crippen MR) is 133 cm³/mol. The Kier molecular flexibility index (Phi) is 7.24. The van der Waals surface area contributed by atoms with Gasteiger partial charge in [0.15, 0.2) is 0 Å². The summed E-state index contributed by atoms with van der Waals surface area (Å²) in [5.74, 6) is -0.489. The molecular formula is C27H35N3O4. The number of hydrogen-bond acceptors (Lipinski definition) is 6. The molecule has 2 aromatic carbocycles. The number of fused-ring (bicyclic) bond motifs is 1. The van der Waals surface area contributed by atoms with Crippen molar-refractivity contribution in [2.75, 3.05) is 37.0 Å². The Bertz CT molecular complexity index is 1020. The highest BCUT2D eigenvalue weighted by atomic mass is 16.6. The summed E-state index contributed by atoms with van der Waals surface area (Å²) >= 11 is 0. The third kappa shape index (κ3) is 5.59. The van der Waals surface area contributed by atoms with Gasteiger partial charge in [0.25, 0.3) is 0 Å². The summed E-state index contributed by atoms with van der Waals surface area (Å²) in [6.07, 6.45) is 3.26. The molecule has 0 aromatic heterocycles. The van der Waals surface area contributed by atoms with E-state index in [1.165, 1.54) is 11.3 Å². The average molecular weight is 466 g/mol. The van der Waals surface area contributed by atoms with Crippen LogP contribution in [-0.2, 0) is 20.7 Å². The number of hydrogen-bond donors (Lipinski definition) is 2. The number of rotatable bonds is 5. The second-order valence-electron chi connectivity index (χ2n) is 9.97. The lowest BCUT2D eigenvalue weighted by atomic mass is 9.91. The summed E-state index contributed by atoms with van der Waals surface area (Å²) in [4.78, 5) is 27.9. The lowest BCUT2D eigenvalue weighted by Crippen LogP contribution is -2.41. The number of carbonyl (C=O) groups is 2. The Morgan fingerprint density at radius 3 is 2.41 bits per heavy atom. The molecule has 4 rings (SSSR count). The molecule has 0 spiro atoms. The first-order chi connectivity index (χ1) is 16.2. The minimum Gasteiger partial charge on any atom is -0.456 e. The van der Waals surface area contributed by atoms with Gasteiger partial charge in [0.1, 0.15) is 11.6 Å². The summed E-state index contributed by atoms with van der Waals surface area (Å²) in [6.45, 7) is 8.17. The SMILES string of the molecule is COC1CCN(c2cccc3c2CCN[C@H]3C(=O)Nc2ccc(C(=O)OC(C)(C)C)cc2)CC1. The van der Waals surface area contributed by atoms with Gasteiger partial charge in [0.05, 0.1) is 11.7 Å². The highest BCUT2D eigenvalue weighted by Gasteiger charge is 2.30. The van der Waals surface area contributed by atoms with E-state index in [2.05, 4.69) is 21.6 Å². The molecule has 1 atom stereocenters. The van der Waals surface area contributed by atoms with E-state index >= 15 is 0 Å². The van der Waals surface area contributed by atoms with Crippen LogP contribution in [0.4, 0.5) is 11.4 Å². The number of methoxy groups -OCH3 is 1. The fourth-order valence-corrected chi connectivity index (χ4v) is 4.69. The monoisotopic (exact) mass is 465 g/mol. The van der Waals surface area contributed by atoms with Gasteiger partial charge in [0.2, 0.25) is 5.91 Å². The van der Waals surface area contributed by atoms with Gasteiger partial charge in [-0.1, -0.05) is 12.1 Å². The fourth-order valence-electron chi connectivity index (χ4n) is 4.69. The third-order valence-corrected chi connectivity index (χ3v) is 6.39. The van der Waals surface area contributed by atoms with Crippen LogP contribution in [0, 0.1) is 0 Å². The first kappa shape index (κ1) is 24.2. The van der Waals surface area contributed by atoms with Crippen molar-refractivity contribution in [2.45, 2.75) is 57.8 Å². The van der Waals surface area contributed by atoms with E-state index in [1.807, 2.05) is 32.9 Å². The summed E-state index contributed by atoms with van der Waals surface area (Å²) in [5, 5.41) is 6.37. The van der Waals surface area contributed by atoms with Crippen LogP contribution < -0.4 is 15.5 Å². The molecule has 2 aromatic rings. The van der Waals surface area contributed by atoms with Crippen molar-refractivity contribution in [3.63, 3.8) is 0 Å². The second kappa shape index (κ2) is 10.2. The molecule has 0 radical (unpaired) electrons. The zero-order valence-electron chi connectivity index (χ0n) is 20.5. The Balaban J connectivity index is 1.46. The van der Waals surface area contributed by atoms with Crippen LogP contribution in [0.15, 0.2) is 42.5 Å². The molecule has 2 N–H and O–H groups in total. The highest BCUT2D eigenvalue weighted by Crippen LogP contribution is 2.33. The molecule has 182 valence electrons. The molecule has 0 bridgehead atoms. The van der Waals surface area contributed by atoms with Gasteiger partial charge in [-0.05, 0) is 81.5 Å². The van der Waals surface area contributed by atoms with E-state index in [-0.39, 0.29) is 11.9 Å². The van der Waals surface area contributed by atoms with Gasteiger partial charge in [0, 0.05) is 38.1 Å². The first-order valence-electron chi connectivity index (χ1n) is 12.0. The lowest BCUT2D eigenvalue weighted by molar-refractivity contribution is -0.118. The zero-order chi connectivity index (χ0) is 24.3. The summed E-state index contributed by atoms with van der Waals surface area (Å²) in [6, 6.07) is 12.6. The van der Waals surface area contributed by atoms with Gasteiger partial charge in [-0.15, -0.1) is 0 Å². The van der Waals surface area contributed by atoms with Gasteiger partial charge in [-0.3, -0.25) is 4.79 Å². The molecule has 2 aliphatic heterocycles. The number of amides is 1. The number of esters is 1. The number of benzene rings is 2. The summed E-state index contributed by atoms with van der Waals surface area (Å²) in [5.41, 5.74) is 4.05. The van der Waals surface area contributed by atoms with Crippen LogP contribution in [0.1, 0.15) is 61.1 Å². The molecule has 2 heterocycles. The van der Waals surface area contributed by atoms with E-state index in [0.717, 1.165) is 44.5 Å². The van der Waals surface area contributed by atoms with Crippen LogP contribution in [-0.4, -0.2) is 50.3 Å². The van der Waals surface area contributed by atoms with Crippen molar-refractivity contribution in [1.29, 1.82) is 0 Å². The molecule has 7 heteroatoms. The zero-order valence-corrected chi connectivity index (χ0v) is 20.5. The molecule has 0 saturated carbocycles. The lowest BCUT2D eigenvalue weighted by Gasteiger charge is -2.36. The smallest absolute Gasteiger partial charge is 0.338 e. The standard InChI is InChI=1S/C27H35N3O4/c1-27(2,3)34-26(32)18-8-10-19(11-9-18)29-25(31)24-22-6-5-7-23(21(22)12-15-28-24)30-16-13-20(33-4)14-17-30/h5-11,20,24,28H,12-17H2,1-4H3,(H,29,31)/t24-/m1/s1. The molecule has 0 aliphatic carbocycles. The molecule has 34 heavy (non-hydrogen) atoms. The van der Waals surface area contributed by atoms with E-state index in [1.54, 1.807) is 31.4 Å². The predicted octanol–water partition coefficient (Wildman–Crippen LogP) is 4.08. The normalized spacial score (nSPS) is 18.8. The van der Waals surface area contributed by atoms with E-state index in [9.17, 15) is 9.59 Å². The van der Waals surface area contributed by atoms with E-state index in [0.29, 0.717) is 17.4 Å². The topological polar surface area (TPSA) is 79.9 Å². The van der Waals surface area contributed by atoms with Crippen LogP contribution >= 0.6 is 0 Å². The van der Waals surface area contributed by atoms with Crippen molar-refractivity contribution in [3.8, 4) is 0 Å². The van der Waals surface area contributed by atoms with Crippen molar-refractivity contribution in [1.82, 2.24) is 5.32 Å². The molecule has 0 unspecified atom stereocenters. The maximum Gasteiger partial charge on any atom is 0.338 e. The van der Waals surface area contributed by atoms with Crippen molar-refractivity contribution < 1.29 is 19.1 Å². The van der Waals surface area contributed by atoms with Gasteiger partial charge < -0.3 is 25.0 Å². The summed E-state index contributed by atoms with van der Waals surface area (Å²) in [7, 11) is 1.78. The quantitative estimate of drug-likeness (QED) is 0.648. The first-order valence-corrected chi connectivity index (χ1v) is 12.0. The Hall–Kier alpha value is -2.90. The number of nitrogens with zero attached hydrogens (tertiary/aromatic N) is 1. The molecule has 1 amide bonds. The van der Waals surface area contributed by atoms with E-state index in [4.69, 9.17) is 9.47 Å². The number of carbonyl (C=O) groups excluding carboxylic acids is 2. The van der Waals surface area contributed by atoms with Crippen molar-refractivity contribution in [2.24, 2.45) is 0 Å². The maximum absolute atomic E-state index is 13.2. The van der Waals surface area contributed by atoms with Crippen LogP contribution in [0.3, 0.4) is 0 Å². The van der Waals surface area contributed by atoms with Gasteiger partial charge >= 0.3 is 5.97 Å². The maximum atomic E-state index is 13.2. The molecule has 1 saturated heterocycles. The minimum absolute atomic E-state index is 0.110. The van der Waals surface area contributed by atoms with Gasteiger partial charge in [-0.25, -0.2) is 4.79 Å². The Labute approximate surface area is 201 Å². The molecule has 7 nitrogen and oxygen atoms in total. The molecule has 1 fully saturated rings. The number of ether oxygens (including phenoxy) is 2. The van der Waals surface area contributed by atoms with Crippen molar-refractivity contribution in [3.05, 3.63) is 59.2 Å². The largest absolute Gasteiger partial charge is 0.456 e. The number of nitrogens with one attached hydrogen (secondary N) is 2. The average Bonchev–Trinajstić information content (AvgIpc) is 2.82. The fraction of sp³-hybridized carbons (Fsp3) is 0.481.